The highest BCUT2D eigenvalue weighted by molar-refractivity contribution is 9.10. The highest BCUT2D eigenvalue weighted by atomic mass is 79.9. The van der Waals surface area contributed by atoms with Gasteiger partial charge < -0.3 is 10.5 Å². The number of aromatic nitrogens is 1. The highest BCUT2D eigenvalue weighted by Gasteiger charge is 2.02. The third-order valence-electron chi connectivity index (χ3n) is 2.10. The molecule has 0 spiro atoms. The van der Waals surface area contributed by atoms with Crippen molar-refractivity contribution in [3.05, 3.63) is 46.4 Å². The SMILES string of the molecule is Cc1cc(Br)ccc1Oc1cccc(N)n1. The Labute approximate surface area is 102 Å². The van der Waals surface area contributed by atoms with Crippen molar-refractivity contribution in [1.82, 2.24) is 4.98 Å². The van der Waals surface area contributed by atoms with Crippen LogP contribution in [0.1, 0.15) is 5.56 Å². The van der Waals surface area contributed by atoms with Crippen molar-refractivity contribution < 1.29 is 4.74 Å². The molecule has 2 rings (SSSR count). The molecule has 2 aromatic rings. The van der Waals surface area contributed by atoms with Crippen molar-refractivity contribution in [2.75, 3.05) is 5.73 Å². The molecule has 0 aliphatic heterocycles. The Bertz CT molecular complexity index is 514. The van der Waals surface area contributed by atoms with E-state index in [1.165, 1.54) is 0 Å². The monoisotopic (exact) mass is 278 g/mol. The van der Waals surface area contributed by atoms with Crippen molar-refractivity contribution in [2.24, 2.45) is 0 Å². The summed E-state index contributed by atoms with van der Waals surface area (Å²) in [4.78, 5) is 4.08. The summed E-state index contributed by atoms with van der Waals surface area (Å²) in [5.41, 5.74) is 6.62. The molecule has 0 unspecified atom stereocenters. The van der Waals surface area contributed by atoms with Gasteiger partial charge in [-0.2, -0.15) is 4.98 Å². The predicted octanol–water partition coefficient (Wildman–Crippen LogP) is 3.53. The zero-order chi connectivity index (χ0) is 11.5. The van der Waals surface area contributed by atoms with Crippen molar-refractivity contribution >= 4 is 21.7 Å². The molecule has 2 N–H and O–H groups in total. The molecule has 16 heavy (non-hydrogen) atoms. The first-order valence-corrected chi connectivity index (χ1v) is 5.61. The number of nitrogen functional groups attached to an aromatic ring is 1. The van der Waals surface area contributed by atoms with Crippen molar-refractivity contribution in [3.8, 4) is 11.6 Å². The normalized spacial score (nSPS) is 10.1. The summed E-state index contributed by atoms with van der Waals surface area (Å²) in [6, 6.07) is 11.1. The zero-order valence-electron chi connectivity index (χ0n) is 8.77. The Morgan fingerprint density at radius 3 is 2.75 bits per heavy atom. The second-order valence-corrected chi connectivity index (χ2v) is 4.33. The van der Waals surface area contributed by atoms with Crippen molar-refractivity contribution in [1.29, 1.82) is 0 Å². The Morgan fingerprint density at radius 2 is 2.06 bits per heavy atom. The second-order valence-electron chi connectivity index (χ2n) is 3.41. The summed E-state index contributed by atoms with van der Waals surface area (Å²) >= 11 is 3.40. The largest absolute Gasteiger partial charge is 0.439 e. The number of nitrogens with two attached hydrogens (primary N) is 1. The van der Waals surface area contributed by atoms with Gasteiger partial charge in [-0.15, -0.1) is 0 Å². The average molecular weight is 279 g/mol. The minimum absolute atomic E-state index is 0.451. The van der Waals surface area contributed by atoms with E-state index in [0.717, 1.165) is 15.8 Å². The first-order valence-electron chi connectivity index (χ1n) is 4.82. The van der Waals surface area contributed by atoms with Gasteiger partial charge in [0.25, 0.3) is 0 Å². The van der Waals surface area contributed by atoms with Crippen LogP contribution in [0.5, 0.6) is 11.6 Å². The fourth-order valence-corrected chi connectivity index (χ4v) is 1.80. The van der Waals surface area contributed by atoms with Crippen LogP contribution in [-0.4, -0.2) is 4.98 Å². The molecule has 4 heteroatoms. The minimum Gasteiger partial charge on any atom is -0.439 e. The summed E-state index contributed by atoms with van der Waals surface area (Å²) in [6.07, 6.45) is 0. The maximum absolute atomic E-state index is 5.63. The summed E-state index contributed by atoms with van der Waals surface area (Å²) in [6.45, 7) is 1.98. The molecule has 82 valence electrons. The van der Waals surface area contributed by atoms with Gasteiger partial charge >= 0.3 is 0 Å². The van der Waals surface area contributed by atoms with E-state index in [-0.39, 0.29) is 0 Å². The van der Waals surface area contributed by atoms with Gasteiger partial charge in [0.15, 0.2) is 0 Å². The topological polar surface area (TPSA) is 48.1 Å². The number of halogens is 1. The van der Waals surface area contributed by atoms with Crippen LogP contribution in [-0.2, 0) is 0 Å². The summed E-state index contributed by atoms with van der Waals surface area (Å²) in [5.74, 6) is 1.74. The first-order chi connectivity index (χ1) is 7.65. The second kappa shape index (κ2) is 4.53. The molecular formula is C12H11BrN2O. The van der Waals surface area contributed by atoms with E-state index < -0.39 is 0 Å². The standard InChI is InChI=1S/C12H11BrN2O/c1-8-7-9(13)5-6-10(8)16-12-4-2-3-11(14)15-12/h2-7H,1H3,(H2,14,15). The average Bonchev–Trinajstić information content (AvgIpc) is 2.22. The third-order valence-corrected chi connectivity index (χ3v) is 2.59. The van der Waals surface area contributed by atoms with Crippen LogP contribution >= 0.6 is 15.9 Å². The van der Waals surface area contributed by atoms with Gasteiger partial charge in [0, 0.05) is 10.5 Å². The van der Waals surface area contributed by atoms with Crippen LogP contribution in [0.15, 0.2) is 40.9 Å². The molecule has 0 bridgehead atoms. The van der Waals surface area contributed by atoms with Crippen LogP contribution in [0.4, 0.5) is 5.82 Å². The lowest BCUT2D eigenvalue weighted by molar-refractivity contribution is 0.460. The van der Waals surface area contributed by atoms with Crippen LogP contribution in [0.25, 0.3) is 0 Å². The molecule has 0 aliphatic carbocycles. The lowest BCUT2D eigenvalue weighted by Crippen LogP contribution is -1.93. The number of hydrogen-bond donors (Lipinski definition) is 1. The number of hydrogen-bond acceptors (Lipinski definition) is 3. The highest BCUT2D eigenvalue weighted by Crippen LogP contribution is 2.26. The smallest absolute Gasteiger partial charge is 0.221 e. The molecule has 0 radical (unpaired) electrons. The Hall–Kier alpha value is -1.55. The Kier molecular flexibility index (Phi) is 3.10. The Balaban J connectivity index is 2.27. The molecule has 0 saturated carbocycles. The Morgan fingerprint density at radius 1 is 1.25 bits per heavy atom. The fraction of sp³-hybridized carbons (Fsp3) is 0.0833. The summed E-state index contributed by atoms with van der Waals surface area (Å²) in [5, 5.41) is 0. The molecule has 0 atom stereocenters. The molecular weight excluding hydrogens is 268 g/mol. The van der Waals surface area contributed by atoms with E-state index in [4.69, 9.17) is 10.5 Å². The quantitative estimate of drug-likeness (QED) is 0.914. The maximum Gasteiger partial charge on any atom is 0.221 e. The molecule has 1 aromatic heterocycles. The zero-order valence-corrected chi connectivity index (χ0v) is 10.4. The fourth-order valence-electron chi connectivity index (χ4n) is 1.33. The number of nitrogens with zero attached hydrogens (tertiary/aromatic N) is 1. The van der Waals surface area contributed by atoms with Crippen LogP contribution in [0, 0.1) is 6.92 Å². The first kappa shape index (κ1) is 11.0. The number of benzene rings is 1. The van der Waals surface area contributed by atoms with Gasteiger partial charge in [0.05, 0.1) is 0 Å². The summed E-state index contributed by atoms with van der Waals surface area (Å²) < 4.78 is 6.66. The van der Waals surface area contributed by atoms with E-state index in [1.54, 1.807) is 12.1 Å². The minimum atomic E-state index is 0.451. The predicted molar refractivity (Wildman–Crippen MR) is 67.6 cm³/mol. The lowest BCUT2D eigenvalue weighted by atomic mass is 10.2. The van der Waals surface area contributed by atoms with Gasteiger partial charge in [-0.1, -0.05) is 22.0 Å². The van der Waals surface area contributed by atoms with Gasteiger partial charge in [-0.05, 0) is 36.8 Å². The van der Waals surface area contributed by atoms with Crippen LogP contribution in [0.2, 0.25) is 0 Å². The molecule has 1 heterocycles. The van der Waals surface area contributed by atoms with E-state index in [1.807, 2.05) is 31.2 Å². The number of rotatable bonds is 2. The lowest BCUT2D eigenvalue weighted by Gasteiger charge is -2.08. The molecule has 1 aromatic carbocycles. The number of ether oxygens (including phenoxy) is 1. The van der Waals surface area contributed by atoms with E-state index >= 15 is 0 Å². The van der Waals surface area contributed by atoms with Gasteiger partial charge in [0.2, 0.25) is 5.88 Å². The van der Waals surface area contributed by atoms with Gasteiger partial charge in [-0.25, -0.2) is 0 Å². The molecule has 0 aliphatic rings. The maximum atomic E-state index is 5.63. The number of pyridine rings is 1. The van der Waals surface area contributed by atoms with Crippen molar-refractivity contribution in [3.63, 3.8) is 0 Å². The van der Waals surface area contributed by atoms with E-state index in [2.05, 4.69) is 20.9 Å². The van der Waals surface area contributed by atoms with Gasteiger partial charge in [-0.3, -0.25) is 0 Å². The number of anilines is 1. The van der Waals surface area contributed by atoms with Crippen molar-refractivity contribution in [2.45, 2.75) is 6.92 Å². The van der Waals surface area contributed by atoms with E-state index in [0.29, 0.717) is 11.7 Å². The molecule has 0 amide bonds. The molecule has 0 saturated heterocycles. The molecule has 0 fully saturated rings. The molecule has 3 nitrogen and oxygen atoms in total. The number of aryl methyl sites for hydroxylation is 1. The van der Waals surface area contributed by atoms with Crippen LogP contribution in [0.3, 0.4) is 0 Å². The summed E-state index contributed by atoms with van der Waals surface area (Å²) in [7, 11) is 0. The third kappa shape index (κ3) is 2.52. The van der Waals surface area contributed by atoms with Crippen LogP contribution < -0.4 is 10.5 Å². The van der Waals surface area contributed by atoms with Gasteiger partial charge in [0.1, 0.15) is 11.6 Å². The van der Waals surface area contributed by atoms with E-state index in [9.17, 15) is 0 Å².